The van der Waals surface area contributed by atoms with Crippen LogP contribution in [0.4, 0.5) is 0 Å². The first kappa shape index (κ1) is 15.9. The van der Waals surface area contributed by atoms with Crippen molar-refractivity contribution in [1.29, 1.82) is 0 Å². The molecule has 0 atom stereocenters. The van der Waals surface area contributed by atoms with Crippen LogP contribution in [0.1, 0.15) is 43.6 Å². The van der Waals surface area contributed by atoms with E-state index in [1.54, 1.807) is 20.7 Å². The third kappa shape index (κ3) is 3.67. The summed E-state index contributed by atoms with van der Waals surface area (Å²) in [6.07, 6.45) is 0.834. The summed E-state index contributed by atoms with van der Waals surface area (Å²) < 4.78 is 11.4. The summed E-state index contributed by atoms with van der Waals surface area (Å²) in [5.41, 5.74) is 1.72. The molecule has 1 aromatic rings. The van der Waals surface area contributed by atoms with Gasteiger partial charge < -0.3 is 9.39 Å². The van der Waals surface area contributed by atoms with Gasteiger partial charge in [0.05, 0.1) is 11.2 Å². The summed E-state index contributed by atoms with van der Waals surface area (Å²) in [5.74, 6) is 0. The number of rotatable bonds is 6. The molecule has 0 saturated carbocycles. The van der Waals surface area contributed by atoms with E-state index in [0.717, 1.165) is 17.3 Å². The average Bonchev–Trinajstić information content (AvgIpc) is 2.37. The van der Waals surface area contributed by atoms with Gasteiger partial charge in [0.1, 0.15) is 6.29 Å². The normalized spacial score (nSPS) is 12.3. The van der Waals surface area contributed by atoms with E-state index in [-0.39, 0.29) is 0 Å². The fraction of sp³-hybridized carbons (Fsp3) is 0.533. The monoisotopic (exact) mass is 261 g/mol. The maximum absolute atomic E-state index is 10.8. The van der Waals surface area contributed by atoms with Gasteiger partial charge in [-0.15, -0.1) is 0 Å². The summed E-state index contributed by atoms with van der Waals surface area (Å²) in [7, 11) is 3.37. The number of methoxy groups -OCH3 is 1. The van der Waals surface area contributed by atoms with E-state index in [4.69, 9.17) is 9.39 Å². The Labute approximate surface area is 116 Å². The third-order valence-corrected chi connectivity index (χ3v) is 3.88. The molecule has 0 unspecified atom stereocenters. The topological polar surface area (TPSA) is 35.5 Å². The zero-order chi connectivity index (χ0) is 14.7. The van der Waals surface area contributed by atoms with Crippen molar-refractivity contribution >= 4 is 19.2 Å². The minimum Gasteiger partial charge on any atom is -0.427 e. The summed E-state index contributed by atoms with van der Waals surface area (Å²) >= 11 is 0. The van der Waals surface area contributed by atoms with Crippen LogP contribution in [-0.2, 0) is 9.39 Å². The van der Waals surface area contributed by atoms with Crippen molar-refractivity contribution in [3.63, 3.8) is 0 Å². The van der Waals surface area contributed by atoms with Gasteiger partial charge in [-0.25, -0.2) is 0 Å². The Morgan fingerprint density at radius 1 is 1.16 bits per heavy atom. The molecule has 0 amide bonds. The van der Waals surface area contributed by atoms with Gasteiger partial charge in [-0.2, -0.15) is 0 Å². The molecule has 0 aliphatic heterocycles. The highest BCUT2D eigenvalue weighted by Gasteiger charge is 2.37. The second kappa shape index (κ2) is 5.89. The van der Waals surface area contributed by atoms with E-state index in [9.17, 15) is 4.79 Å². The fourth-order valence-corrected chi connectivity index (χ4v) is 1.46. The molecule has 0 N–H and O–H groups in total. The van der Waals surface area contributed by atoms with Crippen molar-refractivity contribution in [2.75, 3.05) is 7.11 Å². The Bertz CT molecular complexity index is 453. The van der Waals surface area contributed by atoms with E-state index in [1.165, 1.54) is 0 Å². The molecule has 1 aromatic carbocycles. The van der Waals surface area contributed by atoms with Gasteiger partial charge in [0.2, 0.25) is 0 Å². The Kier molecular flexibility index (Phi) is 4.94. The largest absolute Gasteiger partial charge is 0.427 e. The van der Waals surface area contributed by atoms with Gasteiger partial charge in [0.25, 0.3) is 0 Å². The Balaban J connectivity index is 2.84. The van der Waals surface area contributed by atoms with Crippen LogP contribution in [0.15, 0.2) is 18.2 Å². The third-order valence-electron chi connectivity index (χ3n) is 3.88. The Morgan fingerprint density at radius 2 is 1.79 bits per heavy atom. The molecule has 0 fully saturated rings. The fourth-order valence-electron chi connectivity index (χ4n) is 1.46. The molecule has 1 rings (SSSR count). The maximum Gasteiger partial charge on any atom is 0.331 e. The van der Waals surface area contributed by atoms with E-state index in [2.05, 4.69) is 0 Å². The lowest BCUT2D eigenvalue weighted by atomic mass is 9.80. The van der Waals surface area contributed by atoms with Crippen LogP contribution in [0.3, 0.4) is 0 Å². The number of aldehydes is 1. The summed E-state index contributed by atoms with van der Waals surface area (Å²) in [6, 6.07) is 5.52. The van der Waals surface area contributed by atoms with Gasteiger partial charge >= 0.3 is 7.48 Å². The lowest BCUT2D eigenvalue weighted by Crippen LogP contribution is -2.50. The molecule has 19 heavy (non-hydrogen) atoms. The van der Waals surface area contributed by atoms with Crippen LogP contribution in [-0.4, -0.2) is 32.1 Å². The molecule has 103 valence electrons. The molecule has 0 aliphatic carbocycles. The first-order valence-corrected chi connectivity index (χ1v) is 6.35. The number of hydrogen-bond donors (Lipinski definition) is 0. The molecule has 4 heteroatoms. The smallest absolute Gasteiger partial charge is 0.331 e. The minimum atomic E-state index is -0.481. The van der Waals surface area contributed by atoms with Crippen LogP contribution in [0, 0.1) is 6.92 Å². The zero-order valence-corrected chi connectivity index (χ0v) is 12.6. The van der Waals surface area contributed by atoms with Crippen LogP contribution in [0.25, 0.3) is 0 Å². The predicted molar refractivity (Wildman–Crippen MR) is 78.2 cm³/mol. The van der Waals surface area contributed by atoms with E-state index in [1.807, 2.05) is 46.8 Å². The van der Waals surface area contributed by atoms with E-state index >= 15 is 0 Å². The molecule has 0 spiro atoms. The summed E-state index contributed by atoms with van der Waals surface area (Å²) in [6.45, 7) is 9.90. The standard InChI is InChI=1S/C15H22BO3/c1-11-7-8-12(10-17)9-13(11)16-19-15(4,5)14(2,3)18-6/h7-10H,1-6H3. The number of aryl methyl sites for hydroxylation is 1. The summed E-state index contributed by atoms with van der Waals surface area (Å²) in [5, 5.41) is 0. The lowest BCUT2D eigenvalue weighted by molar-refractivity contribution is -0.114. The zero-order valence-electron chi connectivity index (χ0n) is 12.6. The van der Waals surface area contributed by atoms with Crippen molar-refractivity contribution in [2.24, 2.45) is 0 Å². The van der Waals surface area contributed by atoms with Gasteiger partial charge in [-0.3, -0.25) is 4.79 Å². The number of ether oxygens (including phenoxy) is 1. The van der Waals surface area contributed by atoms with Crippen molar-refractivity contribution in [3.8, 4) is 0 Å². The number of hydrogen-bond acceptors (Lipinski definition) is 3. The highest BCUT2D eigenvalue weighted by molar-refractivity contribution is 6.48. The van der Waals surface area contributed by atoms with Crippen LogP contribution < -0.4 is 5.46 Å². The van der Waals surface area contributed by atoms with Crippen molar-refractivity contribution in [1.82, 2.24) is 0 Å². The molecule has 3 nitrogen and oxygen atoms in total. The molecule has 0 saturated heterocycles. The number of benzene rings is 1. The second-order valence-electron chi connectivity index (χ2n) is 5.69. The molecule has 0 aliphatic rings. The SMILES string of the molecule is COC(C)(C)C(C)(C)O[B]c1cc(C=O)ccc1C. The molecule has 0 heterocycles. The van der Waals surface area contributed by atoms with Crippen molar-refractivity contribution in [3.05, 3.63) is 29.3 Å². The lowest BCUT2D eigenvalue weighted by Gasteiger charge is -2.40. The average molecular weight is 261 g/mol. The predicted octanol–water partition coefficient (Wildman–Crippen LogP) is 2.27. The van der Waals surface area contributed by atoms with Crippen LogP contribution in [0.5, 0.6) is 0 Å². The van der Waals surface area contributed by atoms with Gasteiger partial charge in [-0.1, -0.05) is 23.8 Å². The second-order valence-corrected chi connectivity index (χ2v) is 5.69. The van der Waals surface area contributed by atoms with Crippen LogP contribution in [0.2, 0.25) is 0 Å². The summed E-state index contributed by atoms with van der Waals surface area (Å²) in [4.78, 5) is 10.8. The molecular weight excluding hydrogens is 239 g/mol. The van der Waals surface area contributed by atoms with Gasteiger partial charge in [-0.05, 0) is 40.1 Å². The highest BCUT2D eigenvalue weighted by Crippen LogP contribution is 2.27. The number of carbonyl (C=O) groups is 1. The first-order chi connectivity index (χ1) is 8.73. The molecule has 0 bridgehead atoms. The van der Waals surface area contributed by atoms with Crippen molar-refractivity contribution in [2.45, 2.75) is 45.8 Å². The van der Waals surface area contributed by atoms with E-state index < -0.39 is 11.2 Å². The highest BCUT2D eigenvalue weighted by atomic mass is 16.5. The molecule has 1 radical (unpaired) electrons. The van der Waals surface area contributed by atoms with Crippen LogP contribution >= 0.6 is 0 Å². The quantitative estimate of drug-likeness (QED) is 0.582. The number of carbonyl (C=O) groups excluding carboxylic acids is 1. The Hall–Kier alpha value is -1.13. The molecule has 0 aromatic heterocycles. The van der Waals surface area contributed by atoms with E-state index in [0.29, 0.717) is 5.56 Å². The van der Waals surface area contributed by atoms with Gasteiger partial charge in [0.15, 0.2) is 0 Å². The first-order valence-electron chi connectivity index (χ1n) is 6.35. The van der Waals surface area contributed by atoms with Gasteiger partial charge in [0, 0.05) is 12.7 Å². The maximum atomic E-state index is 10.8. The minimum absolute atomic E-state index is 0.417. The van der Waals surface area contributed by atoms with Crippen molar-refractivity contribution < 1.29 is 14.2 Å². The Morgan fingerprint density at radius 3 is 2.32 bits per heavy atom. The molecular formula is C15H22BO3.